The molecule has 1 unspecified atom stereocenters. The van der Waals surface area contributed by atoms with E-state index in [1.54, 1.807) is 7.11 Å². The fourth-order valence-electron chi connectivity index (χ4n) is 4.39. The van der Waals surface area contributed by atoms with Gasteiger partial charge in [-0.3, -0.25) is 9.59 Å². The number of ether oxygens (including phenoxy) is 2. The lowest BCUT2D eigenvalue weighted by molar-refractivity contribution is -0.123. The second kappa shape index (κ2) is 11.6. The molecule has 0 spiro atoms. The van der Waals surface area contributed by atoms with E-state index in [9.17, 15) is 9.59 Å². The lowest BCUT2D eigenvalue weighted by atomic mass is 9.95. The first-order valence-electron chi connectivity index (χ1n) is 13.0. The van der Waals surface area contributed by atoms with E-state index in [1.165, 1.54) is 29.6 Å². The predicted molar refractivity (Wildman–Crippen MR) is 150 cm³/mol. The third kappa shape index (κ3) is 6.66. The van der Waals surface area contributed by atoms with Gasteiger partial charge in [0.1, 0.15) is 0 Å². The molecule has 0 radical (unpaired) electrons. The average Bonchev–Trinajstić information content (AvgIpc) is 3.38. The Morgan fingerprint density at radius 1 is 1.11 bits per heavy atom. The van der Waals surface area contributed by atoms with Crippen LogP contribution in [0.2, 0.25) is 0 Å². The highest BCUT2D eigenvalue weighted by Gasteiger charge is 2.31. The van der Waals surface area contributed by atoms with Gasteiger partial charge in [-0.25, -0.2) is 5.01 Å². The van der Waals surface area contributed by atoms with E-state index in [2.05, 4.69) is 12.2 Å². The van der Waals surface area contributed by atoms with Crippen LogP contribution in [0.3, 0.4) is 0 Å². The minimum atomic E-state index is -0.472. The fraction of sp³-hybridized carbons (Fsp3) is 0.483. The van der Waals surface area contributed by atoms with Crippen molar-refractivity contribution in [1.82, 2.24) is 5.01 Å². The van der Waals surface area contributed by atoms with Crippen LogP contribution in [0.1, 0.15) is 70.9 Å². The van der Waals surface area contributed by atoms with Gasteiger partial charge in [0.05, 0.1) is 30.7 Å². The molecule has 4 rings (SSSR count). The van der Waals surface area contributed by atoms with E-state index in [0.717, 1.165) is 47.5 Å². The van der Waals surface area contributed by atoms with Crippen LogP contribution < -0.4 is 14.8 Å². The second-order valence-corrected chi connectivity index (χ2v) is 11.8. The number of benzene rings is 2. The van der Waals surface area contributed by atoms with Crippen molar-refractivity contribution >= 4 is 34.3 Å². The maximum absolute atomic E-state index is 12.9. The molecule has 1 N–H and O–H groups in total. The van der Waals surface area contributed by atoms with Gasteiger partial charge in [-0.1, -0.05) is 51.6 Å². The molecule has 198 valence electrons. The summed E-state index contributed by atoms with van der Waals surface area (Å²) in [5.41, 5.74) is 2.98. The molecule has 1 fully saturated rings. The molecule has 2 aliphatic rings. The van der Waals surface area contributed by atoms with Gasteiger partial charge in [-0.2, -0.15) is 5.10 Å². The average molecular weight is 524 g/mol. The Morgan fingerprint density at radius 3 is 2.43 bits per heavy atom. The molecular formula is C29H37N3O4S. The van der Waals surface area contributed by atoms with Gasteiger partial charge in [0.2, 0.25) is 5.91 Å². The molecule has 1 heterocycles. The predicted octanol–water partition coefficient (Wildman–Crippen LogP) is 6.85. The number of methoxy groups -OCH3 is 1. The Hall–Kier alpha value is -3.00. The van der Waals surface area contributed by atoms with Gasteiger partial charge in [0.25, 0.3) is 0 Å². The summed E-state index contributed by atoms with van der Waals surface area (Å²) >= 11 is 1.31. The maximum Gasteiger partial charge on any atom is 0.302 e. The highest BCUT2D eigenvalue weighted by atomic mass is 32.2. The smallest absolute Gasteiger partial charge is 0.302 e. The number of carbonyl (C=O) groups excluding carboxylic acids is 2. The Balaban J connectivity index is 1.55. The Kier molecular flexibility index (Phi) is 8.47. The van der Waals surface area contributed by atoms with Crippen molar-refractivity contribution in [2.75, 3.05) is 12.4 Å². The number of thioether (sulfide) groups is 1. The van der Waals surface area contributed by atoms with Crippen molar-refractivity contribution in [3.63, 3.8) is 0 Å². The Bertz CT molecular complexity index is 1150. The Morgan fingerprint density at radius 2 is 1.81 bits per heavy atom. The molecule has 0 aromatic heterocycles. The van der Waals surface area contributed by atoms with Crippen LogP contribution in [-0.2, 0) is 11.3 Å². The van der Waals surface area contributed by atoms with Crippen molar-refractivity contribution in [2.45, 2.75) is 77.7 Å². The molecule has 1 saturated carbocycles. The van der Waals surface area contributed by atoms with Crippen LogP contribution in [0.5, 0.6) is 11.5 Å². The van der Waals surface area contributed by atoms with E-state index in [-0.39, 0.29) is 22.5 Å². The van der Waals surface area contributed by atoms with Gasteiger partial charge in [-0.05, 0) is 68.0 Å². The minimum absolute atomic E-state index is 0.0357. The standard InChI is InChI=1S/C29H37N3O4S/c1-6-25-26(20-13-16-23(35-5)24(17-20)36-22-9-7-8-10-22)31-32(28(34)37-25)18-19-11-14-21(15-12-19)30-27(33)29(2,3)4/h11-17,22,25H,6-10,18H2,1-5H3,(H,30,33). The van der Waals surface area contributed by atoms with Gasteiger partial charge < -0.3 is 14.8 Å². The summed E-state index contributed by atoms with van der Waals surface area (Å²) in [6.07, 6.45) is 5.49. The first-order chi connectivity index (χ1) is 17.7. The van der Waals surface area contributed by atoms with E-state index < -0.39 is 5.41 Å². The summed E-state index contributed by atoms with van der Waals surface area (Å²) in [6, 6.07) is 13.5. The topological polar surface area (TPSA) is 80.2 Å². The molecule has 2 aromatic carbocycles. The highest BCUT2D eigenvalue weighted by molar-refractivity contribution is 8.14. The molecule has 37 heavy (non-hydrogen) atoms. The second-order valence-electron chi connectivity index (χ2n) is 10.6. The van der Waals surface area contributed by atoms with Crippen LogP contribution >= 0.6 is 11.8 Å². The van der Waals surface area contributed by atoms with Crippen molar-refractivity contribution in [3.05, 3.63) is 53.6 Å². The molecule has 1 aliphatic heterocycles. The quantitative estimate of drug-likeness (QED) is 0.409. The normalized spacial score (nSPS) is 18.5. The van der Waals surface area contributed by atoms with Crippen molar-refractivity contribution in [1.29, 1.82) is 0 Å². The molecule has 0 saturated heterocycles. The molecule has 7 nitrogen and oxygen atoms in total. The molecule has 8 heteroatoms. The SMILES string of the molecule is CCC1SC(=O)N(Cc2ccc(NC(=O)C(C)(C)C)cc2)N=C1c1ccc(OC)c(OC2CCCC2)c1. The monoisotopic (exact) mass is 523 g/mol. The summed E-state index contributed by atoms with van der Waals surface area (Å²) < 4.78 is 11.9. The zero-order chi connectivity index (χ0) is 26.6. The van der Waals surface area contributed by atoms with E-state index in [0.29, 0.717) is 12.3 Å². The zero-order valence-corrected chi connectivity index (χ0v) is 23.2. The molecule has 0 bridgehead atoms. The van der Waals surface area contributed by atoms with Crippen LogP contribution in [0.25, 0.3) is 0 Å². The number of nitrogens with one attached hydrogen (secondary N) is 1. The lowest BCUT2D eigenvalue weighted by Gasteiger charge is -2.29. The summed E-state index contributed by atoms with van der Waals surface area (Å²) in [4.78, 5) is 25.2. The van der Waals surface area contributed by atoms with Gasteiger partial charge >= 0.3 is 5.24 Å². The summed E-state index contributed by atoms with van der Waals surface area (Å²) in [5, 5.41) is 9.17. The number of carbonyl (C=O) groups is 2. The molecule has 2 aromatic rings. The largest absolute Gasteiger partial charge is 0.493 e. The van der Waals surface area contributed by atoms with E-state index in [4.69, 9.17) is 14.6 Å². The first kappa shape index (κ1) is 27.0. The molecule has 2 amide bonds. The number of hydrogen-bond acceptors (Lipinski definition) is 6. The van der Waals surface area contributed by atoms with E-state index >= 15 is 0 Å². The number of rotatable bonds is 8. The third-order valence-corrected chi connectivity index (χ3v) is 7.89. The van der Waals surface area contributed by atoms with Crippen LogP contribution in [0, 0.1) is 5.41 Å². The number of amides is 2. The molecule has 1 atom stereocenters. The van der Waals surface area contributed by atoms with Crippen molar-refractivity contribution in [3.8, 4) is 11.5 Å². The summed E-state index contributed by atoms with van der Waals surface area (Å²) in [6.45, 7) is 8.05. The van der Waals surface area contributed by atoms with Crippen LogP contribution in [0.4, 0.5) is 10.5 Å². The van der Waals surface area contributed by atoms with Crippen LogP contribution in [0.15, 0.2) is 47.6 Å². The van der Waals surface area contributed by atoms with Gasteiger partial charge in [-0.15, -0.1) is 0 Å². The third-order valence-electron chi connectivity index (χ3n) is 6.64. The minimum Gasteiger partial charge on any atom is -0.493 e. The first-order valence-corrected chi connectivity index (χ1v) is 13.9. The number of anilines is 1. The number of hydrogen-bond donors (Lipinski definition) is 1. The highest BCUT2D eigenvalue weighted by Crippen LogP contribution is 2.36. The number of hydrazone groups is 1. The van der Waals surface area contributed by atoms with Crippen molar-refractivity contribution in [2.24, 2.45) is 10.5 Å². The lowest BCUT2D eigenvalue weighted by Crippen LogP contribution is -2.34. The maximum atomic E-state index is 12.9. The fourth-order valence-corrected chi connectivity index (χ4v) is 5.32. The number of nitrogens with zero attached hydrogens (tertiary/aromatic N) is 2. The van der Waals surface area contributed by atoms with Gasteiger partial charge in [0.15, 0.2) is 11.5 Å². The molecule has 1 aliphatic carbocycles. The Labute approximate surface area is 224 Å². The zero-order valence-electron chi connectivity index (χ0n) is 22.4. The molecular weight excluding hydrogens is 486 g/mol. The van der Waals surface area contributed by atoms with Crippen molar-refractivity contribution < 1.29 is 19.1 Å². The summed E-state index contributed by atoms with van der Waals surface area (Å²) in [5.74, 6) is 1.39. The van der Waals surface area contributed by atoms with Crippen LogP contribution in [-0.4, -0.2) is 40.3 Å². The van der Waals surface area contributed by atoms with Gasteiger partial charge in [0, 0.05) is 16.7 Å². The summed E-state index contributed by atoms with van der Waals surface area (Å²) in [7, 11) is 1.65. The van der Waals surface area contributed by atoms with E-state index in [1.807, 2.05) is 63.2 Å².